The number of piperidine rings is 1. The van der Waals surface area contributed by atoms with Gasteiger partial charge in [0.25, 0.3) is 0 Å². The van der Waals surface area contributed by atoms with Gasteiger partial charge < -0.3 is 33.7 Å². The van der Waals surface area contributed by atoms with E-state index in [-0.39, 0.29) is 18.7 Å². The third-order valence-corrected chi connectivity index (χ3v) is 3.42. The van der Waals surface area contributed by atoms with Crippen molar-refractivity contribution in [1.82, 2.24) is 4.90 Å². The van der Waals surface area contributed by atoms with Crippen LogP contribution in [-0.2, 0) is 23.7 Å². The Morgan fingerprint density at radius 3 is 1.55 bits per heavy atom. The summed E-state index contributed by atoms with van der Waals surface area (Å²) in [6, 6.07) is 0. The molecule has 0 aliphatic carbocycles. The second-order valence-corrected chi connectivity index (χ2v) is 10.1. The van der Waals surface area contributed by atoms with Crippen LogP contribution in [-0.4, -0.2) is 77.6 Å². The zero-order valence-corrected chi connectivity index (χ0v) is 20.4. The Morgan fingerprint density at radius 2 is 1.23 bits per heavy atom. The van der Waals surface area contributed by atoms with Gasteiger partial charge in [-0.2, -0.15) is 0 Å². The number of amides is 1. The normalized spacial score (nSPS) is 19.5. The van der Waals surface area contributed by atoms with Crippen LogP contribution < -0.4 is 0 Å². The van der Waals surface area contributed by atoms with E-state index in [1.165, 1.54) is 4.90 Å². The van der Waals surface area contributed by atoms with E-state index in [1.54, 1.807) is 48.7 Å². The Labute approximate surface area is 185 Å². The van der Waals surface area contributed by atoms with Gasteiger partial charge in [0.1, 0.15) is 16.8 Å². The van der Waals surface area contributed by atoms with Crippen molar-refractivity contribution in [1.29, 1.82) is 0 Å². The fourth-order valence-electron chi connectivity index (χ4n) is 2.29. The molecule has 1 saturated heterocycles. The lowest BCUT2D eigenvalue weighted by Gasteiger charge is -2.35. The maximum absolute atomic E-state index is 11.7. The molecule has 10 nitrogen and oxygen atoms in total. The summed E-state index contributed by atoms with van der Waals surface area (Å²) >= 11 is 0. The number of aliphatic hydroxyl groups is 1. The van der Waals surface area contributed by atoms with Crippen LogP contribution in [0.5, 0.6) is 0 Å². The molecule has 1 aliphatic heterocycles. The first-order valence-electron chi connectivity index (χ1n) is 10.2. The lowest BCUT2D eigenvalue weighted by molar-refractivity contribution is -0.0639. The van der Waals surface area contributed by atoms with Crippen LogP contribution in [0, 0.1) is 0 Å². The van der Waals surface area contributed by atoms with Crippen LogP contribution in [0.2, 0.25) is 0 Å². The van der Waals surface area contributed by atoms with E-state index in [0.717, 1.165) is 0 Å². The third kappa shape index (κ3) is 14.5. The fraction of sp³-hybridized carbons (Fsp3) is 0.857. The summed E-state index contributed by atoms with van der Waals surface area (Å²) in [7, 11) is 1.57. The number of nitrogens with zero attached hydrogens (tertiary/aromatic N) is 1. The van der Waals surface area contributed by atoms with E-state index in [1.807, 2.05) is 20.8 Å². The Kier molecular flexibility index (Phi) is 10.8. The van der Waals surface area contributed by atoms with Gasteiger partial charge in [-0.05, 0) is 68.7 Å². The molecule has 0 aromatic heterocycles. The highest BCUT2D eigenvalue weighted by Gasteiger charge is 2.32. The van der Waals surface area contributed by atoms with Gasteiger partial charge in [-0.15, -0.1) is 0 Å². The average Bonchev–Trinajstić information content (AvgIpc) is 2.49. The van der Waals surface area contributed by atoms with Gasteiger partial charge in [-0.1, -0.05) is 0 Å². The summed E-state index contributed by atoms with van der Waals surface area (Å²) in [5.74, 6) is 0. The second kappa shape index (κ2) is 11.5. The number of hydrogen-bond donors (Lipinski definition) is 1. The summed E-state index contributed by atoms with van der Waals surface area (Å²) in [6.07, 6.45) is -2.67. The minimum Gasteiger partial charge on any atom is -0.444 e. The number of hydrogen-bond acceptors (Lipinski definition) is 9. The standard InChI is InChI=1S/C11H21NO4.C10H18O5/c1-11(2,3)16-10(14)12-6-5-9(15-4)8(13)7-12;1-9(2,3)14-7(11)13-8(12)15-10(4,5)6/h8-9,13H,5-7H2,1-4H3;1-6H3/t8-,9+;/m1./s1. The fourth-order valence-corrected chi connectivity index (χ4v) is 2.29. The van der Waals surface area contributed by atoms with E-state index < -0.39 is 35.2 Å². The highest BCUT2D eigenvalue weighted by molar-refractivity contribution is 5.77. The number of β-amino-alcohol motifs (C(OH)–C–C–N with tert-alkyl or cyclic N) is 1. The number of carbonyl (C=O) groups excluding carboxylic acids is 3. The highest BCUT2D eigenvalue weighted by Crippen LogP contribution is 2.17. The van der Waals surface area contributed by atoms with Gasteiger partial charge in [0, 0.05) is 13.7 Å². The molecule has 0 spiro atoms. The molecule has 0 aromatic carbocycles. The monoisotopic (exact) mass is 449 g/mol. The van der Waals surface area contributed by atoms with Crippen molar-refractivity contribution < 1.29 is 43.2 Å². The van der Waals surface area contributed by atoms with Gasteiger partial charge in [0.2, 0.25) is 0 Å². The van der Waals surface area contributed by atoms with Crippen LogP contribution in [0.1, 0.15) is 68.7 Å². The van der Waals surface area contributed by atoms with Crippen molar-refractivity contribution in [2.75, 3.05) is 20.2 Å². The molecule has 31 heavy (non-hydrogen) atoms. The first-order valence-corrected chi connectivity index (χ1v) is 10.2. The zero-order chi connectivity index (χ0) is 24.6. The van der Waals surface area contributed by atoms with Crippen molar-refractivity contribution >= 4 is 18.4 Å². The van der Waals surface area contributed by atoms with Crippen LogP contribution in [0.3, 0.4) is 0 Å². The van der Waals surface area contributed by atoms with Gasteiger partial charge in [-0.25, -0.2) is 14.4 Å². The van der Waals surface area contributed by atoms with Gasteiger partial charge in [0.05, 0.1) is 18.8 Å². The molecule has 0 bridgehead atoms. The van der Waals surface area contributed by atoms with Crippen LogP contribution in [0.4, 0.5) is 14.4 Å². The first kappa shape index (κ1) is 28.9. The van der Waals surface area contributed by atoms with E-state index in [9.17, 15) is 19.5 Å². The van der Waals surface area contributed by atoms with Gasteiger partial charge >= 0.3 is 18.4 Å². The van der Waals surface area contributed by atoms with E-state index in [0.29, 0.717) is 13.0 Å². The Balaban J connectivity index is 0.000000582. The molecule has 1 rings (SSSR count). The predicted octanol–water partition coefficient (Wildman–Crippen LogP) is 3.88. The molecule has 1 amide bonds. The first-order chi connectivity index (χ1) is 13.8. The molecule has 1 N–H and O–H groups in total. The van der Waals surface area contributed by atoms with Gasteiger partial charge in [-0.3, -0.25) is 0 Å². The number of aliphatic hydroxyl groups excluding tert-OH is 1. The summed E-state index contributed by atoms with van der Waals surface area (Å²) in [5, 5.41) is 9.71. The minimum absolute atomic E-state index is 0.182. The summed E-state index contributed by atoms with van der Waals surface area (Å²) in [5.41, 5.74) is -1.89. The number of ether oxygens (including phenoxy) is 5. The summed E-state index contributed by atoms with van der Waals surface area (Å²) in [4.78, 5) is 35.2. The molecule has 1 fully saturated rings. The molecule has 1 aliphatic rings. The van der Waals surface area contributed by atoms with Crippen molar-refractivity contribution in [3.05, 3.63) is 0 Å². The largest absolute Gasteiger partial charge is 0.519 e. The van der Waals surface area contributed by atoms with E-state index in [2.05, 4.69) is 4.74 Å². The van der Waals surface area contributed by atoms with Crippen molar-refractivity contribution in [3.8, 4) is 0 Å². The molecular weight excluding hydrogens is 410 g/mol. The zero-order valence-electron chi connectivity index (χ0n) is 20.4. The Hall–Kier alpha value is -2.07. The molecule has 2 atom stereocenters. The third-order valence-electron chi connectivity index (χ3n) is 3.42. The molecule has 0 unspecified atom stereocenters. The van der Waals surface area contributed by atoms with Crippen LogP contribution >= 0.6 is 0 Å². The van der Waals surface area contributed by atoms with Gasteiger partial charge in [0.15, 0.2) is 0 Å². The predicted molar refractivity (Wildman–Crippen MR) is 113 cm³/mol. The highest BCUT2D eigenvalue weighted by atomic mass is 16.8. The molecule has 0 radical (unpaired) electrons. The number of methoxy groups -OCH3 is 1. The maximum atomic E-state index is 11.7. The van der Waals surface area contributed by atoms with E-state index >= 15 is 0 Å². The van der Waals surface area contributed by atoms with Crippen molar-refractivity contribution in [3.63, 3.8) is 0 Å². The maximum Gasteiger partial charge on any atom is 0.519 e. The molecule has 1 heterocycles. The second-order valence-electron chi connectivity index (χ2n) is 10.1. The Morgan fingerprint density at radius 1 is 0.806 bits per heavy atom. The lowest BCUT2D eigenvalue weighted by atomic mass is 10.1. The lowest BCUT2D eigenvalue weighted by Crippen LogP contribution is -2.50. The quantitative estimate of drug-likeness (QED) is 0.361. The minimum atomic E-state index is -1.06. The molecule has 182 valence electrons. The van der Waals surface area contributed by atoms with E-state index in [4.69, 9.17) is 18.9 Å². The summed E-state index contributed by atoms with van der Waals surface area (Å²) < 4.78 is 24.1. The SMILES string of the molecule is CC(C)(C)OC(=O)OC(=O)OC(C)(C)C.CO[C@H]1CCN(C(=O)OC(C)(C)C)C[C@H]1O. The molecule has 10 heteroatoms. The number of likely N-dealkylation sites (tertiary alicyclic amines) is 1. The average molecular weight is 450 g/mol. The molecule has 0 saturated carbocycles. The molecular formula is C21H39NO9. The number of rotatable bonds is 1. The number of carbonyl (C=O) groups is 3. The topological polar surface area (TPSA) is 121 Å². The van der Waals surface area contributed by atoms with Crippen molar-refractivity contribution in [2.45, 2.75) is 97.7 Å². The van der Waals surface area contributed by atoms with Crippen LogP contribution in [0.25, 0.3) is 0 Å². The molecule has 0 aromatic rings. The Bertz CT molecular complexity index is 573. The van der Waals surface area contributed by atoms with Crippen LogP contribution in [0.15, 0.2) is 0 Å². The van der Waals surface area contributed by atoms with Crippen molar-refractivity contribution in [2.24, 2.45) is 0 Å². The smallest absolute Gasteiger partial charge is 0.444 e. The summed E-state index contributed by atoms with van der Waals surface area (Å²) in [6.45, 7) is 16.3.